The lowest BCUT2D eigenvalue weighted by Crippen LogP contribution is -2.42. The largest absolute Gasteiger partial charge is 0.351 e. The molecule has 0 spiro atoms. The van der Waals surface area contributed by atoms with E-state index >= 15 is 0 Å². The van der Waals surface area contributed by atoms with Gasteiger partial charge >= 0.3 is 0 Å². The zero-order valence-corrected chi connectivity index (χ0v) is 18.1. The molecule has 0 aliphatic carbocycles. The van der Waals surface area contributed by atoms with Crippen LogP contribution in [-0.2, 0) is 17.9 Å². The summed E-state index contributed by atoms with van der Waals surface area (Å²) in [6.07, 6.45) is 0. The van der Waals surface area contributed by atoms with Gasteiger partial charge in [-0.15, -0.1) is 35.3 Å². The standard InChI is InChI=1S/C17H21ClN4OS.HI/c1-22(2)16(23)12-21-17(20-11-14-7-5-9-24-14)19-10-13-6-3-4-8-15(13)18;/h3-9H,10-12H2,1-2H3,(H2,19,20,21);1H. The van der Waals surface area contributed by atoms with Crippen LogP contribution in [0.2, 0.25) is 5.02 Å². The molecule has 2 N–H and O–H groups in total. The number of thiophene rings is 1. The van der Waals surface area contributed by atoms with Crippen LogP contribution in [0.4, 0.5) is 0 Å². The predicted octanol–water partition coefficient (Wildman–Crippen LogP) is 3.34. The van der Waals surface area contributed by atoms with Gasteiger partial charge in [-0.2, -0.15) is 0 Å². The second-order valence-corrected chi connectivity index (χ2v) is 6.77. The van der Waals surface area contributed by atoms with Gasteiger partial charge in [0.1, 0.15) is 0 Å². The van der Waals surface area contributed by atoms with E-state index in [-0.39, 0.29) is 36.4 Å². The van der Waals surface area contributed by atoms with E-state index in [1.165, 1.54) is 9.78 Å². The van der Waals surface area contributed by atoms with Crippen LogP contribution in [0.15, 0.2) is 46.8 Å². The van der Waals surface area contributed by atoms with Crippen molar-refractivity contribution in [2.45, 2.75) is 13.1 Å². The number of benzene rings is 1. The highest BCUT2D eigenvalue weighted by Gasteiger charge is 2.07. The third-order valence-electron chi connectivity index (χ3n) is 3.28. The highest BCUT2D eigenvalue weighted by Crippen LogP contribution is 2.15. The summed E-state index contributed by atoms with van der Waals surface area (Å²) in [6, 6.07) is 11.7. The van der Waals surface area contributed by atoms with E-state index in [0.29, 0.717) is 24.1 Å². The summed E-state index contributed by atoms with van der Waals surface area (Å²) in [5.41, 5.74) is 0.940. The Labute approximate surface area is 174 Å². The van der Waals surface area contributed by atoms with E-state index in [1.54, 1.807) is 25.4 Å². The lowest BCUT2D eigenvalue weighted by molar-refractivity contribution is -0.127. The van der Waals surface area contributed by atoms with Gasteiger partial charge in [-0.1, -0.05) is 35.9 Å². The summed E-state index contributed by atoms with van der Waals surface area (Å²) >= 11 is 7.84. The molecule has 1 amide bonds. The smallest absolute Gasteiger partial charge is 0.241 e. The van der Waals surface area contributed by atoms with Gasteiger partial charge < -0.3 is 15.5 Å². The Balaban J connectivity index is 0.00000312. The zero-order chi connectivity index (χ0) is 17.4. The molecule has 1 aromatic heterocycles. The van der Waals surface area contributed by atoms with Crippen LogP contribution in [0.1, 0.15) is 10.4 Å². The van der Waals surface area contributed by atoms with Crippen LogP contribution in [0.3, 0.4) is 0 Å². The third-order valence-corrected chi connectivity index (χ3v) is 4.53. The maximum Gasteiger partial charge on any atom is 0.241 e. The molecule has 0 atom stereocenters. The van der Waals surface area contributed by atoms with Gasteiger partial charge in [-0.05, 0) is 23.1 Å². The topological polar surface area (TPSA) is 56.7 Å². The van der Waals surface area contributed by atoms with E-state index < -0.39 is 0 Å². The van der Waals surface area contributed by atoms with Crippen LogP contribution < -0.4 is 10.6 Å². The Hall–Kier alpha value is -1.32. The molecule has 136 valence electrons. The maximum atomic E-state index is 11.8. The highest BCUT2D eigenvalue weighted by atomic mass is 127. The van der Waals surface area contributed by atoms with Crippen molar-refractivity contribution in [3.63, 3.8) is 0 Å². The molecule has 0 bridgehead atoms. The number of nitrogens with zero attached hydrogens (tertiary/aromatic N) is 2. The Morgan fingerprint density at radius 3 is 2.60 bits per heavy atom. The Bertz CT molecular complexity index is 692. The first kappa shape index (κ1) is 21.7. The summed E-state index contributed by atoms with van der Waals surface area (Å²) in [4.78, 5) is 19.0. The molecule has 0 unspecified atom stereocenters. The van der Waals surface area contributed by atoms with Crippen molar-refractivity contribution in [2.75, 3.05) is 20.6 Å². The summed E-state index contributed by atoms with van der Waals surface area (Å²) in [5.74, 6) is 0.567. The van der Waals surface area contributed by atoms with Gasteiger partial charge in [-0.3, -0.25) is 4.79 Å². The fraction of sp³-hybridized carbons (Fsp3) is 0.294. The van der Waals surface area contributed by atoms with Gasteiger partial charge in [0.25, 0.3) is 0 Å². The molecule has 5 nitrogen and oxygen atoms in total. The second-order valence-electron chi connectivity index (χ2n) is 5.33. The van der Waals surface area contributed by atoms with Crippen molar-refractivity contribution in [2.24, 2.45) is 4.99 Å². The molecule has 8 heteroatoms. The molecule has 0 radical (unpaired) electrons. The molecule has 2 aromatic rings. The maximum absolute atomic E-state index is 11.8. The van der Waals surface area contributed by atoms with Crippen molar-refractivity contribution >= 4 is 58.8 Å². The zero-order valence-electron chi connectivity index (χ0n) is 14.2. The number of carbonyl (C=O) groups is 1. The third kappa shape index (κ3) is 7.62. The van der Waals surface area contributed by atoms with Gasteiger partial charge in [0.05, 0.1) is 19.6 Å². The van der Waals surface area contributed by atoms with Crippen molar-refractivity contribution in [3.8, 4) is 0 Å². The quantitative estimate of drug-likeness (QED) is 0.369. The normalized spacial score (nSPS) is 10.8. The molecule has 25 heavy (non-hydrogen) atoms. The average molecular weight is 493 g/mol. The van der Waals surface area contributed by atoms with E-state index in [2.05, 4.69) is 15.6 Å². The van der Waals surface area contributed by atoms with E-state index in [4.69, 9.17) is 11.6 Å². The molecule has 0 aliphatic rings. The lowest BCUT2D eigenvalue weighted by Gasteiger charge is -2.14. The number of carbonyl (C=O) groups excluding carboxylic acids is 1. The van der Waals surface area contributed by atoms with Crippen molar-refractivity contribution < 1.29 is 4.79 Å². The molecule has 0 saturated carbocycles. The molecular formula is C17H22ClIN4OS. The Kier molecular flexibility index (Phi) is 9.84. The van der Waals surface area contributed by atoms with Gasteiger partial charge in [0.15, 0.2) is 5.96 Å². The monoisotopic (exact) mass is 492 g/mol. The summed E-state index contributed by atoms with van der Waals surface area (Å²) in [7, 11) is 3.45. The van der Waals surface area contributed by atoms with Crippen molar-refractivity contribution in [1.29, 1.82) is 0 Å². The minimum Gasteiger partial charge on any atom is -0.351 e. The summed E-state index contributed by atoms with van der Waals surface area (Å²) in [6.45, 7) is 1.28. The Morgan fingerprint density at radius 2 is 1.96 bits per heavy atom. The summed E-state index contributed by atoms with van der Waals surface area (Å²) < 4.78 is 0. The molecule has 0 saturated heterocycles. The second kappa shape index (κ2) is 11.3. The molecule has 0 fully saturated rings. The number of amides is 1. The average Bonchev–Trinajstić information content (AvgIpc) is 3.08. The molecule has 2 rings (SSSR count). The Morgan fingerprint density at radius 1 is 1.20 bits per heavy atom. The van der Waals surface area contributed by atoms with Gasteiger partial charge in [0.2, 0.25) is 5.91 Å². The van der Waals surface area contributed by atoms with Crippen molar-refractivity contribution in [3.05, 3.63) is 57.2 Å². The van der Waals surface area contributed by atoms with Crippen LogP contribution in [0.5, 0.6) is 0 Å². The number of hydrogen-bond acceptors (Lipinski definition) is 3. The minimum absolute atomic E-state index is 0. The highest BCUT2D eigenvalue weighted by molar-refractivity contribution is 14.0. The molecule has 1 aromatic carbocycles. The van der Waals surface area contributed by atoms with Crippen LogP contribution >= 0.6 is 46.9 Å². The fourth-order valence-corrected chi connectivity index (χ4v) is 2.71. The SMILES string of the molecule is CN(C)C(=O)CNC(=NCc1ccccc1Cl)NCc1cccs1.I. The van der Waals surface area contributed by atoms with Gasteiger partial charge in [-0.25, -0.2) is 4.99 Å². The van der Waals surface area contributed by atoms with E-state index in [1.807, 2.05) is 41.8 Å². The number of likely N-dealkylation sites (N-methyl/N-ethyl adjacent to an activating group) is 1. The first-order chi connectivity index (χ1) is 11.6. The van der Waals surface area contributed by atoms with Crippen LogP contribution in [0, 0.1) is 0 Å². The van der Waals surface area contributed by atoms with Crippen LogP contribution in [0.25, 0.3) is 0 Å². The molecule has 1 heterocycles. The first-order valence-electron chi connectivity index (χ1n) is 7.54. The number of nitrogens with one attached hydrogen (secondary N) is 2. The number of halogens is 2. The van der Waals surface area contributed by atoms with Crippen LogP contribution in [-0.4, -0.2) is 37.4 Å². The summed E-state index contributed by atoms with van der Waals surface area (Å²) in [5, 5.41) is 9.02. The number of guanidine groups is 1. The number of aliphatic imine (C=N–C) groups is 1. The van der Waals surface area contributed by atoms with E-state index in [0.717, 1.165) is 5.56 Å². The lowest BCUT2D eigenvalue weighted by atomic mass is 10.2. The van der Waals surface area contributed by atoms with Gasteiger partial charge in [0, 0.05) is 24.0 Å². The molecular weight excluding hydrogens is 471 g/mol. The van der Waals surface area contributed by atoms with E-state index in [9.17, 15) is 4.79 Å². The number of rotatable bonds is 6. The fourth-order valence-electron chi connectivity index (χ4n) is 1.87. The van der Waals surface area contributed by atoms with Crippen molar-refractivity contribution in [1.82, 2.24) is 15.5 Å². The first-order valence-corrected chi connectivity index (χ1v) is 8.80. The predicted molar refractivity (Wildman–Crippen MR) is 116 cm³/mol. The molecule has 0 aliphatic heterocycles. The minimum atomic E-state index is -0.0154. The number of hydrogen-bond donors (Lipinski definition) is 2.